The van der Waals surface area contributed by atoms with E-state index >= 15 is 0 Å². The minimum absolute atomic E-state index is 0.00941. The molecule has 0 fully saturated rings. The van der Waals surface area contributed by atoms with Crippen LogP contribution in [0.15, 0.2) is 41.2 Å². The van der Waals surface area contributed by atoms with Gasteiger partial charge in [0, 0.05) is 30.2 Å². The van der Waals surface area contributed by atoms with Gasteiger partial charge in [-0.25, -0.2) is 4.68 Å². The highest BCUT2D eigenvalue weighted by molar-refractivity contribution is 6.30. The van der Waals surface area contributed by atoms with Gasteiger partial charge >= 0.3 is 0 Å². The second-order valence-electron chi connectivity index (χ2n) is 5.94. The van der Waals surface area contributed by atoms with E-state index in [4.69, 9.17) is 11.6 Å². The van der Waals surface area contributed by atoms with E-state index in [0.717, 1.165) is 12.0 Å². The van der Waals surface area contributed by atoms with Crippen LogP contribution in [-0.4, -0.2) is 26.6 Å². The van der Waals surface area contributed by atoms with Gasteiger partial charge in [0.1, 0.15) is 5.69 Å². The Bertz CT molecular complexity index is 771. The van der Waals surface area contributed by atoms with Crippen LogP contribution >= 0.6 is 11.6 Å². The normalized spacial score (nSPS) is 10.9. The maximum atomic E-state index is 12.9. The van der Waals surface area contributed by atoms with Crippen LogP contribution in [0, 0.1) is 0 Å². The Hall–Kier alpha value is -2.14. The minimum atomic E-state index is -0.199. The molecule has 6 heteroatoms. The van der Waals surface area contributed by atoms with E-state index in [1.807, 2.05) is 39.0 Å². The molecule has 0 aliphatic rings. The topological polar surface area (TPSA) is 55.2 Å². The molecule has 0 radical (unpaired) electrons. The number of carbonyl (C=O) groups excluding carboxylic acids is 1. The van der Waals surface area contributed by atoms with Gasteiger partial charge in [0.15, 0.2) is 0 Å². The molecule has 0 aliphatic carbocycles. The first-order chi connectivity index (χ1) is 11.4. The lowest BCUT2D eigenvalue weighted by atomic mass is 10.1. The summed E-state index contributed by atoms with van der Waals surface area (Å²) >= 11 is 6.02. The van der Waals surface area contributed by atoms with E-state index in [9.17, 15) is 9.59 Å². The van der Waals surface area contributed by atoms with E-state index < -0.39 is 0 Å². The predicted molar refractivity (Wildman–Crippen MR) is 95.2 cm³/mol. The highest BCUT2D eigenvalue weighted by Crippen LogP contribution is 2.15. The summed E-state index contributed by atoms with van der Waals surface area (Å²) in [5.74, 6) is -0.199. The average Bonchev–Trinajstić information content (AvgIpc) is 2.54. The number of halogens is 1. The highest BCUT2D eigenvalue weighted by atomic mass is 35.5. The highest BCUT2D eigenvalue weighted by Gasteiger charge is 2.21. The van der Waals surface area contributed by atoms with Crippen LogP contribution in [0.5, 0.6) is 0 Å². The number of amides is 1. The molecule has 0 N–H and O–H groups in total. The molecule has 1 aromatic heterocycles. The zero-order chi connectivity index (χ0) is 17.7. The summed E-state index contributed by atoms with van der Waals surface area (Å²) in [5, 5.41) is 4.85. The van der Waals surface area contributed by atoms with Gasteiger partial charge in [0.25, 0.3) is 11.5 Å². The number of hydrogen-bond donors (Lipinski definition) is 0. The van der Waals surface area contributed by atoms with E-state index in [-0.39, 0.29) is 23.2 Å². The summed E-state index contributed by atoms with van der Waals surface area (Å²) in [4.78, 5) is 26.4. The smallest absolute Gasteiger partial charge is 0.274 e. The summed E-state index contributed by atoms with van der Waals surface area (Å²) in [6.45, 7) is 6.79. The third-order valence-corrected chi connectivity index (χ3v) is 3.88. The van der Waals surface area contributed by atoms with Crippen LogP contribution in [0.4, 0.5) is 0 Å². The van der Waals surface area contributed by atoms with Crippen molar-refractivity contribution in [2.75, 3.05) is 0 Å². The zero-order valence-corrected chi connectivity index (χ0v) is 15.0. The van der Waals surface area contributed by atoms with Crippen LogP contribution in [-0.2, 0) is 13.1 Å². The van der Waals surface area contributed by atoms with E-state index in [1.165, 1.54) is 16.8 Å². The van der Waals surface area contributed by atoms with Gasteiger partial charge in [-0.05, 0) is 44.0 Å². The predicted octanol–water partition coefficient (Wildman–Crippen LogP) is 3.36. The molecule has 0 aliphatic heterocycles. The number of carbonyl (C=O) groups is 1. The van der Waals surface area contributed by atoms with Gasteiger partial charge in [-0.2, -0.15) is 5.10 Å². The van der Waals surface area contributed by atoms with Crippen LogP contribution in [0.25, 0.3) is 0 Å². The number of aromatic nitrogens is 2. The minimum Gasteiger partial charge on any atom is -0.331 e. The molecule has 0 saturated heterocycles. The van der Waals surface area contributed by atoms with Gasteiger partial charge < -0.3 is 4.90 Å². The first-order valence-corrected chi connectivity index (χ1v) is 8.43. The Kier molecular flexibility index (Phi) is 6.15. The molecular formula is C18H22ClN3O2. The molecule has 0 spiro atoms. The fourth-order valence-corrected chi connectivity index (χ4v) is 2.62. The van der Waals surface area contributed by atoms with Crippen molar-refractivity contribution in [1.29, 1.82) is 0 Å². The van der Waals surface area contributed by atoms with Gasteiger partial charge in [-0.1, -0.05) is 30.7 Å². The van der Waals surface area contributed by atoms with Gasteiger partial charge in [0.05, 0.1) is 0 Å². The van der Waals surface area contributed by atoms with Crippen molar-refractivity contribution < 1.29 is 4.79 Å². The van der Waals surface area contributed by atoms with Crippen LogP contribution < -0.4 is 5.56 Å². The molecule has 2 aromatic rings. The largest absolute Gasteiger partial charge is 0.331 e. The molecule has 24 heavy (non-hydrogen) atoms. The summed E-state index contributed by atoms with van der Waals surface area (Å²) < 4.78 is 1.34. The fraction of sp³-hybridized carbons (Fsp3) is 0.389. The molecular weight excluding hydrogens is 326 g/mol. The number of hydrogen-bond acceptors (Lipinski definition) is 3. The van der Waals surface area contributed by atoms with Crippen LogP contribution in [0.2, 0.25) is 5.02 Å². The summed E-state index contributed by atoms with van der Waals surface area (Å²) in [5.41, 5.74) is 1.03. The maximum Gasteiger partial charge on any atom is 0.274 e. The summed E-state index contributed by atoms with van der Waals surface area (Å²) in [6, 6.07) is 10.3. The third-order valence-electron chi connectivity index (χ3n) is 3.65. The van der Waals surface area contributed by atoms with Crippen molar-refractivity contribution in [3.8, 4) is 0 Å². The van der Waals surface area contributed by atoms with E-state index in [0.29, 0.717) is 18.1 Å². The third kappa shape index (κ3) is 4.45. The van der Waals surface area contributed by atoms with Crippen LogP contribution in [0.3, 0.4) is 0 Å². The Morgan fingerprint density at radius 1 is 1.29 bits per heavy atom. The van der Waals surface area contributed by atoms with Crippen molar-refractivity contribution in [1.82, 2.24) is 14.7 Å². The molecule has 0 unspecified atom stereocenters. The Morgan fingerprint density at radius 2 is 2.04 bits per heavy atom. The maximum absolute atomic E-state index is 12.9. The molecule has 128 valence electrons. The number of rotatable bonds is 6. The lowest BCUT2D eigenvalue weighted by molar-refractivity contribution is 0.0681. The average molecular weight is 348 g/mol. The van der Waals surface area contributed by atoms with Gasteiger partial charge in [0.2, 0.25) is 0 Å². The number of benzene rings is 1. The second-order valence-corrected chi connectivity index (χ2v) is 6.37. The standard InChI is InChI=1S/C18H22ClN3O2/c1-4-10-22-17(23)9-8-16(20-22)18(24)21(13(2)3)12-14-6-5-7-15(19)11-14/h5-9,11,13H,4,10,12H2,1-3H3. The SMILES string of the molecule is CCCn1nc(C(=O)N(Cc2cccc(Cl)c2)C(C)C)ccc1=O. The van der Waals surface area contributed by atoms with Crippen molar-refractivity contribution in [3.63, 3.8) is 0 Å². The second kappa shape index (κ2) is 8.11. The zero-order valence-electron chi connectivity index (χ0n) is 14.2. The monoisotopic (exact) mass is 347 g/mol. The van der Waals surface area contributed by atoms with E-state index in [2.05, 4.69) is 5.10 Å². The molecule has 0 saturated carbocycles. The van der Waals surface area contributed by atoms with Crippen molar-refractivity contribution in [2.24, 2.45) is 0 Å². The van der Waals surface area contributed by atoms with E-state index in [1.54, 1.807) is 11.0 Å². The number of aryl methyl sites for hydroxylation is 1. The van der Waals surface area contributed by atoms with Gasteiger partial charge in [-0.15, -0.1) is 0 Å². The summed E-state index contributed by atoms with van der Waals surface area (Å²) in [6.07, 6.45) is 0.779. The van der Waals surface area contributed by atoms with Crippen LogP contribution in [0.1, 0.15) is 43.2 Å². The van der Waals surface area contributed by atoms with Crippen molar-refractivity contribution >= 4 is 17.5 Å². The molecule has 0 atom stereocenters. The van der Waals surface area contributed by atoms with Crippen molar-refractivity contribution in [3.05, 3.63) is 63.0 Å². The fourth-order valence-electron chi connectivity index (χ4n) is 2.40. The lowest BCUT2D eigenvalue weighted by Gasteiger charge is -2.26. The lowest BCUT2D eigenvalue weighted by Crippen LogP contribution is -2.38. The molecule has 1 heterocycles. The van der Waals surface area contributed by atoms with Crippen molar-refractivity contribution in [2.45, 2.75) is 46.3 Å². The Labute approximate surface area is 146 Å². The first-order valence-electron chi connectivity index (χ1n) is 8.06. The molecule has 0 bridgehead atoms. The Balaban J connectivity index is 2.29. The molecule has 1 amide bonds. The summed E-state index contributed by atoms with van der Waals surface area (Å²) in [7, 11) is 0. The number of nitrogens with zero attached hydrogens (tertiary/aromatic N) is 3. The molecule has 5 nitrogen and oxygen atoms in total. The molecule has 2 rings (SSSR count). The Morgan fingerprint density at radius 3 is 2.67 bits per heavy atom. The quantitative estimate of drug-likeness (QED) is 0.805. The first kappa shape index (κ1) is 18.2. The van der Waals surface area contributed by atoms with Gasteiger partial charge in [-0.3, -0.25) is 9.59 Å². The molecule has 1 aromatic carbocycles.